The van der Waals surface area contributed by atoms with Crippen LogP contribution >= 0.6 is 0 Å². The molecule has 0 fully saturated rings. The van der Waals surface area contributed by atoms with Crippen LogP contribution in [0.3, 0.4) is 0 Å². The molecule has 6 heteroatoms. The Balaban J connectivity index is 2.43. The zero-order valence-corrected chi connectivity index (χ0v) is 12.3. The van der Waals surface area contributed by atoms with Crippen LogP contribution in [0.25, 0.3) is 0 Å². The largest absolute Gasteiger partial charge is 0.478 e. The van der Waals surface area contributed by atoms with Gasteiger partial charge in [-0.1, -0.05) is 19.4 Å². The zero-order chi connectivity index (χ0) is 14.8. The van der Waals surface area contributed by atoms with Crippen molar-refractivity contribution in [3.63, 3.8) is 0 Å². The molecule has 1 aliphatic rings. The molecule has 1 heterocycles. The summed E-state index contributed by atoms with van der Waals surface area (Å²) in [4.78, 5) is 11.2. The standard InChI is InChI=1S/C14H19NO4S/c1-2-3-10-20(18,19)15-9-5-7-11-12(14(16)17)6-4-8-13(11)15/h4,6,8H,2-3,5,7,9-10H2,1H3,(H,16,17). The maximum atomic E-state index is 12.4. The number of fused-ring (bicyclic) bond motifs is 1. The van der Waals surface area contributed by atoms with Crippen molar-refractivity contribution >= 4 is 21.7 Å². The van der Waals surface area contributed by atoms with Crippen molar-refractivity contribution in [1.82, 2.24) is 0 Å². The third-order valence-electron chi connectivity index (χ3n) is 3.53. The van der Waals surface area contributed by atoms with Gasteiger partial charge in [-0.2, -0.15) is 0 Å². The van der Waals surface area contributed by atoms with E-state index in [9.17, 15) is 18.3 Å². The van der Waals surface area contributed by atoms with E-state index in [1.807, 2.05) is 6.92 Å². The highest BCUT2D eigenvalue weighted by atomic mass is 32.2. The quantitative estimate of drug-likeness (QED) is 0.904. The molecule has 0 radical (unpaired) electrons. The number of carboxylic acids is 1. The molecule has 0 spiro atoms. The first-order chi connectivity index (χ1) is 9.47. The van der Waals surface area contributed by atoms with Crippen LogP contribution in [0.1, 0.15) is 42.1 Å². The second-order valence-corrected chi connectivity index (χ2v) is 6.97. The van der Waals surface area contributed by atoms with Gasteiger partial charge in [0.05, 0.1) is 17.0 Å². The number of carbonyl (C=O) groups is 1. The van der Waals surface area contributed by atoms with Crippen molar-refractivity contribution < 1.29 is 18.3 Å². The molecule has 20 heavy (non-hydrogen) atoms. The third-order valence-corrected chi connectivity index (χ3v) is 5.39. The van der Waals surface area contributed by atoms with Gasteiger partial charge in [-0.25, -0.2) is 13.2 Å². The van der Waals surface area contributed by atoms with Crippen LogP contribution in [-0.4, -0.2) is 31.8 Å². The summed E-state index contributed by atoms with van der Waals surface area (Å²) in [5.41, 5.74) is 1.37. The van der Waals surface area contributed by atoms with Crippen molar-refractivity contribution in [1.29, 1.82) is 0 Å². The number of nitrogens with zero attached hydrogens (tertiary/aromatic N) is 1. The summed E-state index contributed by atoms with van der Waals surface area (Å²) >= 11 is 0. The van der Waals surface area contributed by atoms with E-state index in [2.05, 4.69) is 0 Å². The highest BCUT2D eigenvalue weighted by Gasteiger charge is 2.29. The summed E-state index contributed by atoms with van der Waals surface area (Å²) in [6.45, 7) is 2.38. The average molecular weight is 297 g/mol. The lowest BCUT2D eigenvalue weighted by molar-refractivity contribution is 0.0695. The SMILES string of the molecule is CCCCS(=O)(=O)N1CCCc2c(C(=O)O)cccc21. The van der Waals surface area contributed by atoms with Crippen molar-refractivity contribution in [3.8, 4) is 0 Å². The second-order valence-electron chi connectivity index (χ2n) is 4.95. The molecule has 1 aromatic rings. The van der Waals surface area contributed by atoms with Gasteiger partial charge in [-0.15, -0.1) is 0 Å². The summed E-state index contributed by atoms with van der Waals surface area (Å²) in [7, 11) is -3.36. The van der Waals surface area contributed by atoms with Crippen LogP contribution in [-0.2, 0) is 16.4 Å². The Kier molecular flexibility index (Phi) is 4.32. The molecule has 2 rings (SSSR count). The molecule has 0 bridgehead atoms. The maximum Gasteiger partial charge on any atom is 0.336 e. The summed E-state index contributed by atoms with van der Waals surface area (Å²) in [5, 5.41) is 9.20. The van der Waals surface area contributed by atoms with E-state index in [1.165, 1.54) is 10.4 Å². The molecule has 5 nitrogen and oxygen atoms in total. The Hall–Kier alpha value is -1.56. The van der Waals surface area contributed by atoms with Crippen LogP contribution < -0.4 is 4.31 Å². The monoisotopic (exact) mass is 297 g/mol. The summed E-state index contributed by atoms with van der Waals surface area (Å²) in [5.74, 6) is -0.894. The molecule has 0 saturated heterocycles. The van der Waals surface area contributed by atoms with Gasteiger partial charge in [-0.3, -0.25) is 4.31 Å². The number of benzene rings is 1. The highest BCUT2D eigenvalue weighted by Crippen LogP contribution is 2.32. The van der Waals surface area contributed by atoms with E-state index in [0.29, 0.717) is 37.1 Å². The number of rotatable bonds is 5. The van der Waals surface area contributed by atoms with Gasteiger partial charge in [0, 0.05) is 6.54 Å². The minimum absolute atomic E-state index is 0.111. The lowest BCUT2D eigenvalue weighted by atomic mass is 9.98. The molecule has 1 aromatic carbocycles. The number of hydrogen-bond donors (Lipinski definition) is 1. The first kappa shape index (κ1) is 14.8. The molecular formula is C14H19NO4S. The minimum atomic E-state index is -3.36. The van der Waals surface area contributed by atoms with E-state index in [1.54, 1.807) is 12.1 Å². The summed E-state index contributed by atoms with van der Waals surface area (Å²) in [6, 6.07) is 4.84. The fourth-order valence-electron chi connectivity index (χ4n) is 2.52. The van der Waals surface area contributed by atoms with E-state index >= 15 is 0 Å². The molecule has 0 amide bonds. The third kappa shape index (κ3) is 2.80. The molecule has 0 aromatic heterocycles. The van der Waals surface area contributed by atoms with Crippen molar-refractivity contribution in [2.75, 3.05) is 16.6 Å². The van der Waals surface area contributed by atoms with Crippen molar-refractivity contribution in [2.24, 2.45) is 0 Å². The summed E-state index contributed by atoms with van der Waals surface area (Å²) in [6.07, 6.45) is 2.70. The van der Waals surface area contributed by atoms with Gasteiger partial charge >= 0.3 is 5.97 Å². The van der Waals surface area contributed by atoms with E-state index < -0.39 is 16.0 Å². The van der Waals surface area contributed by atoms with Crippen molar-refractivity contribution in [2.45, 2.75) is 32.6 Å². The lowest BCUT2D eigenvalue weighted by Gasteiger charge is -2.31. The fourth-order valence-corrected chi connectivity index (χ4v) is 4.27. The van der Waals surface area contributed by atoms with Crippen LogP contribution in [0.2, 0.25) is 0 Å². The Morgan fingerprint density at radius 1 is 1.40 bits per heavy atom. The van der Waals surface area contributed by atoms with Gasteiger partial charge in [0.25, 0.3) is 0 Å². The lowest BCUT2D eigenvalue weighted by Crippen LogP contribution is -2.37. The van der Waals surface area contributed by atoms with Crippen LogP contribution in [0.15, 0.2) is 18.2 Å². The highest BCUT2D eigenvalue weighted by molar-refractivity contribution is 7.92. The molecule has 1 aliphatic heterocycles. The predicted molar refractivity (Wildman–Crippen MR) is 77.8 cm³/mol. The Morgan fingerprint density at radius 2 is 2.15 bits per heavy atom. The number of carboxylic acid groups (broad SMARTS) is 1. The Morgan fingerprint density at radius 3 is 2.80 bits per heavy atom. The molecule has 1 N–H and O–H groups in total. The van der Waals surface area contributed by atoms with E-state index in [-0.39, 0.29) is 11.3 Å². The predicted octanol–water partition coefficient (Wildman–Crippen LogP) is 2.27. The number of unbranched alkanes of at least 4 members (excludes halogenated alkanes) is 1. The van der Waals surface area contributed by atoms with Crippen LogP contribution in [0, 0.1) is 0 Å². The maximum absolute atomic E-state index is 12.4. The van der Waals surface area contributed by atoms with E-state index in [4.69, 9.17) is 0 Å². The zero-order valence-electron chi connectivity index (χ0n) is 11.5. The van der Waals surface area contributed by atoms with Gasteiger partial charge in [0.1, 0.15) is 0 Å². The Labute approximate surface area is 119 Å². The normalized spacial score (nSPS) is 14.9. The number of anilines is 1. The molecule has 110 valence electrons. The first-order valence-electron chi connectivity index (χ1n) is 6.83. The first-order valence-corrected chi connectivity index (χ1v) is 8.44. The number of aromatic carboxylic acids is 1. The Bertz CT molecular complexity index is 610. The van der Waals surface area contributed by atoms with Gasteiger partial charge in [0.15, 0.2) is 0 Å². The molecule has 0 aliphatic carbocycles. The van der Waals surface area contributed by atoms with Crippen LogP contribution in [0.5, 0.6) is 0 Å². The van der Waals surface area contributed by atoms with Crippen molar-refractivity contribution in [3.05, 3.63) is 29.3 Å². The molecule has 0 unspecified atom stereocenters. The summed E-state index contributed by atoms with van der Waals surface area (Å²) < 4.78 is 26.1. The molecule has 0 saturated carbocycles. The molecular weight excluding hydrogens is 278 g/mol. The fraction of sp³-hybridized carbons (Fsp3) is 0.500. The second kappa shape index (κ2) is 5.83. The smallest absolute Gasteiger partial charge is 0.336 e. The van der Waals surface area contributed by atoms with Gasteiger partial charge < -0.3 is 5.11 Å². The minimum Gasteiger partial charge on any atom is -0.478 e. The topological polar surface area (TPSA) is 74.7 Å². The van der Waals surface area contributed by atoms with E-state index in [0.717, 1.165) is 6.42 Å². The number of sulfonamides is 1. The number of hydrogen-bond acceptors (Lipinski definition) is 3. The van der Waals surface area contributed by atoms with Gasteiger partial charge in [0.2, 0.25) is 10.0 Å². The van der Waals surface area contributed by atoms with Crippen LogP contribution in [0.4, 0.5) is 5.69 Å². The molecule has 0 atom stereocenters. The van der Waals surface area contributed by atoms with Gasteiger partial charge in [-0.05, 0) is 37.0 Å². The average Bonchev–Trinajstić information content (AvgIpc) is 2.43.